The number of benzene rings is 1. The molecule has 1 aromatic carbocycles. The van der Waals surface area contributed by atoms with Crippen molar-refractivity contribution < 1.29 is 23.5 Å². The number of nitrogens with one attached hydrogen (secondary N) is 1. The van der Waals surface area contributed by atoms with Crippen molar-refractivity contribution in [3.63, 3.8) is 0 Å². The third-order valence-corrected chi connectivity index (χ3v) is 4.52. The first-order valence-corrected chi connectivity index (χ1v) is 7.14. The molecule has 0 unspecified atom stereocenters. The Hall–Kier alpha value is -2.24. The van der Waals surface area contributed by atoms with Gasteiger partial charge in [0, 0.05) is 11.8 Å². The highest BCUT2D eigenvalue weighted by molar-refractivity contribution is 5.96. The van der Waals surface area contributed by atoms with Crippen LogP contribution in [0.2, 0.25) is 0 Å². The number of amides is 1. The summed E-state index contributed by atoms with van der Waals surface area (Å²) in [4.78, 5) is 23.9. The minimum Gasteiger partial charge on any atom is -0.481 e. The number of hydrogen-bond acceptors (Lipinski definition) is 2. The first-order chi connectivity index (χ1) is 10.5. The molecule has 4 atom stereocenters. The lowest BCUT2D eigenvalue weighted by molar-refractivity contribution is -0.151. The molecule has 0 radical (unpaired) electrons. The maximum Gasteiger partial charge on any atom is 0.307 e. The van der Waals surface area contributed by atoms with Crippen LogP contribution in [-0.2, 0) is 9.59 Å². The average molecular weight is 307 g/mol. The zero-order chi connectivity index (χ0) is 15.9. The van der Waals surface area contributed by atoms with E-state index in [1.54, 1.807) is 0 Å². The molecule has 1 aromatic rings. The molecule has 0 spiro atoms. The molecule has 0 heterocycles. The molecular weight excluding hydrogens is 292 g/mol. The second kappa shape index (κ2) is 5.51. The van der Waals surface area contributed by atoms with Gasteiger partial charge in [-0.3, -0.25) is 9.59 Å². The van der Waals surface area contributed by atoms with E-state index in [-0.39, 0.29) is 17.5 Å². The lowest BCUT2D eigenvalue weighted by atomic mass is 9.62. The first-order valence-electron chi connectivity index (χ1n) is 7.14. The van der Waals surface area contributed by atoms with Gasteiger partial charge in [-0.1, -0.05) is 12.2 Å². The van der Waals surface area contributed by atoms with E-state index in [1.165, 1.54) is 6.07 Å². The first kappa shape index (κ1) is 14.7. The van der Waals surface area contributed by atoms with Gasteiger partial charge in [0.25, 0.3) is 0 Å². The number of carbonyl (C=O) groups is 2. The lowest BCUT2D eigenvalue weighted by Gasteiger charge is -2.41. The number of fused-ring (bicyclic) bond motifs is 2. The van der Waals surface area contributed by atoms with Crippen LogP contribution in [0.3, 0.4) is 0 Å². The van der Waals surface area contributed by atoms with Gasteiger partial charge in [-0.2, -0.15) is 0 Å². The molecule has 4 rings (SSSR count). The van der Waals surface area contributed by atoms with Gasteiger partial charge in [0.05, 0.1) is 11.8 Å². The molecule has 1 fully saturated rings. The summed E-state index contributed by atoms with van der Waals surface area (Å²) in [6.45, 7) is 0. The van der Waals surface area contributed by atoms with Gasteiger partial charge in [-0.25, -0.2) is 8.78 Å². The zero-order valence-corrected chi connectivity index (χ0v) is 11.6. The van der Waals surface area contributed by atoms with Crippen LogP contribution in [0, 0.1) is 35.3 Å². The number of carbonyl (C=O) groups excluding carboxylic acids is 1. The van der Waals surface area contributed by atoms with Crippen LogP contribution >= 0.6 is 0 Å². The number of carboxylic acids is 1. The smallest absolute Gasteiger partial charge is 0.307 e. The molecular formula is C16H15F2NO3. The van der Waals surface area contributed by atoms with Gasteiger partial charge in [-0.05, 0) is 36.8 Å². The minimum atomic E-state index is -1.06. The highest BCUT2D eigenvalue weighted by Crippen LogP contribution is 2.45. The topological polar surface area (TPSA) is 66.4 Å². The van der Waals surface area contributed by atoms with Crippen molar-refractivity contribution in [1.29, 1.82) is 0 Å². The molecule has 3 aliphatic carbocycles. The molecule has 0 aromatic heterocycles. The SMILES string of the molecule is O=C(O)[C@@H]1[C@H](C(=O)Nc2ccc(F)c(F)c2)[C@@H]2C=C[C@H]1CC2. The summed E-state index contributed by atoms with van der Waals surface area (Å²) in [6.07, 6.45) is 5.28. The highest BCUT2D eigenvalue weighted by atomic mass is 19.2. The summed E-state index contributed by atoms with van der Waals surface area (Å²) < 4.78 is 26.1. The summed E-state index contributed by atoms with van der Waals surface area (Å²) in [7, 11) is 0. The van der Waals surface area contributed by atoms with E-state index in [1.807, 2.05) is 12.2 Å². The molecule has 2 N–H and O–H groups in total. The number of aliphatic carboxylic acids is 1. The molecule has 22 heavy (non-hydrogen) atoms. The van der Waals surface area contributed by atoms with Crippen molar-refractivity contribution >= 4 is 17.6 Å². The highest BCUT2D eigenvalue weighted by Gasteiger charge is 2.48. The number of carboxylic acid groups (broad SMARTS) is 1. The lowest BCUT2D eigenvalue weighted by Crippen LogP contribution is -2.47. The molecule has 2 bridgehead atoms. The van der Waals surface area contributed by atoms with Crippen molar-refractivity contribution in [2.45, 2.75) is 12.8 Å². The van der Waals surface area contributed by atoms with Crippen LogP contribution < -0.4 is 5.32 Å². The predicted octanol–water partition coefficient (Wildman–Crippen LogP) is 2.82. The third kappa shape index (κ3) is 2.49. The Morgan fingerprint density at radius 2 is 1.68 bits per heavy atom. The van der Waals surface area contributed by atoms with Gasteiger partial charge in [0.2, 0.25) is 5.91 Å². The van der Waals surface area contributed by atoms with Crippen LogP contribution in [0.1, 0.15) is 12.8 Å². The quantitative estimate of drug-likeness (QED) is 0.844. The predicted molar refractivity (Wildman–Crippen MR) is 75.0 cm³/mol. The molecule has 4 nitrogen and oxygen atoms in total. The van der Waals surface area contributed by atoms with Crippen LogP contribution in [0.4, 0.5) is 14.5 Å². The van der Waals surface area contributed by atoms with E-state index in [0.717, 1.165) is 25.0 Å². The Balaban J connectivity index is 1.82. The Morgan fingerprint density at radius 3 is 2.23 bits per heavy atom. The second-order valence-electron chi connectivity index (χ2n) is 5.80. The third-order valence-electron chi connectivity index (χ3n) is 4.52. The van der Waals surface area contributed by atoms with E-state index in [2.05, 4.69) is 5.32 Å². The number of rotatable bonds is 3. The fourth-order valence-electron chi connectivity index (χ4n) is 3.49. The maximum atomic E-state index is 13.2. The van der Waals surface area contributed by atoms with Crippen molar-refractivity contribution in [2.24, 2.45) is 23.7 Å². The monoisotopic (exact) mass is 307 g/mol. The van der Waals surface area contributed by atoms with Gasteiger partial charge in [0.1, 0.15) is 0 Å². The second-order valence-corrected chi connectivity index (χ2v) is 5.80. The van der Waals surface area contributed by atoms with E-state index in [0.29, 0.717) is 0 Å². The van der Waals surface area contributed by atoms with E-state index >= 15 is 0 Å². The Kier molecular flexibility index (Phi) is 3.68. The van der Waals surface area contributed by atoms with Crippen molar-refractivity contribution in [1.82, 2.24) is 0 Å². The van der Waals surface area contributed by atoms with Gasteiger partial charge in [-0.15, -0.1) is 0 Å². The normalized spacial score (nSPS) is 29.4. The van der Waals surface area contributed by atoms with Crippen molar-refractivity contribution in [2.75, 3.05) is 5.32 Å². The molecule has 0 aliphatic heterocycles. The Bertz CT molecular complexity index is 659. The Morgan fingerprint density at radius 1 is 1.05 bits per heavy atom. The fraction of sp³-hybridized carbons (Fsp3) is 0.375. The molecule has 116 valence electrons. The van der Waals surface area contributed by atoms with E-state index in [4.69, 9.17) is 0 Å². The average Bonchev–Trinajstić information content (AvgIpc) is 2.51. The van der Waals surface area contributed by atoms with Gasteiger partial charge in [0.15, 0.2) is 11.6 Å². The molecule has 1 amide bonds. The largest absolute Gasteiger partial charge is 0.481 e. The molecule has 3 aliphatic rings. The zero-order valence-electron chi connectivity index (χ0n) is 11.6. The standard InChI is InChI=1S/C16H15F2NO3/c17-11-6-5-10(7-12(11)18)19-15(20)13-8-1-3-9(4-2-8)14(13)16(21)22/h1,3,5-9,13-14H,2,4H2,(H,19,20)(H,21,22)/t8-,9+,13-,14+/m1/s1. The summed E-state index contributed by atoms with van der Waals surface area (Å²) in [5, 5.41) is 11.9. The maximum absolute atomic E-state index is 13.2. The van der Waals surface area contributed by atoms with Crippen LogP contribution in [-0.4, -0.2) is 17.0 Å². The van der Waals surface area contributed by atoms with Gasteiger partial charge < -0.3 is 10.4 Å². The van der Waals surface area contributed by atoms with Crippen molar-refractivity contribution in [3.8, 4) is 0 Å². The number of allylic oxidation sites excluding steroid dienone is 2. The fourth-order valence-corrected chi connectivity index (χ4v) is 3.49. The summed E-state index contributed by atoms with van der Waals surface area (Å²) in [5.41, 5.74) is 0.124. The summed E-state index contributed by atoms with van der Waals surface area (Å²) >= 11 is 0. The van der Waals surface area contributed by atoms with E-state index in [9.17, 15) is 23.5 Å². The van der Waals surface area contributed by atoms with Crippen LogP contribution in [0.25, 0.3) is 0 Å². The van der Waals surface area contributed by atoms with E-state index < -0.39 is 35.3 Å². The molecule has 0 saturated heterocycles. The minimum absolute atomic E-state index is 0.124. The number of halogens is 2. The summed E-state index contributed by atoms with van der Waals surface area (Å²) in [5.74, 6) is -5.25. The van der Waals surface area contributed by atoms with Crippen LogP contribution in [0.15, 0.2) is 30.4 Å². The molecule has 6 heteroatoms. The number of anilines is 1. The van der Waals surface area contributed by atoms with Gasteiger partial charge >= 0.3 is 5.97 Å². The Labute approximate surface area is 125 Å². The summed E-state index contributed by atoms with van der Waals surface area (Å²) in [6, 6.07) is 3.06. The van der Waals surface area contributed by atoms with Crippen LogP contribution in [0.5, 0.6) is 0 Å². The number of hydrogen-bond donors (Lipinski definition) is 2. The molecule has 1 saturated carbocycles. The van der Waals surface area contributed by atoms with Crippen molar-refractivity contribution in [3.05, 3.63) is 42.0 Å².